The van der Waals surface area contributed by atoms with Crippen molar-refractivity contribution < 1.29 is 120 Å². The molecule has 0 radical (unpaired) electrons. The summed E-state index contributed by atoms with van der Waals surface area (Å²) in [5, 5.41) is 0. The average Bonchev–Trinajstić information content (AvgIpc) is 0.722. The summed E-state index contributed by atoms with van der Waals surface area (Å²) in [6.45, 7) is 0. The van der Waals surface area contributed by atoms with Gasteiger partial charge in [0.05, 0.1) is 0 Å². The molecule has 9 heteroatoms. The van der Waals surface area contributed by atoms with Crippen LogP contribution in [0.25, 0.3) is 0 Å². The van der Waals surface area contributed by atoms with Crippen LogP contribution in [0.2, 0.25) is 0 Å². The number of hydrogen-bond acceptors (Lipinski definition) is 4. The summed E-state index contributed by atoms with van der Waals surface area (Å²) in [6.07, 6.45) is 0. The van der Waals surface area contributed by atoms with Crippen molar-refractivity contribution in [2.24, 2.45) is 0 Å². The molecule has 0 aliphatic carbocycles. The maximum absolute atomic E-state index is 8.52. The van der Waals surface area contributed by atoms with Crippen LogP contribution in [-0.4, -0.2) is 52.2 Å². The van der Waals surface area contributed by atoms with Gasteiger partial charge in [0.2, 0.25) is 0 Å². The molecule has 0 saturated carbocycles. The van der Waals surface area contributed by atoms with Crippen molar-refractivity contribution in [2.45, 2.75) is 0 Å². The predicted molar refractivity (Wildman–Crippen MR) is 30.4 cm³/mol. The van der Waals surface area contributed by atoms with Crippen LogP contribution in [-0.2, 0) is 10.4 Å². The Hall–Kier alpha value is 4.21. The summed E-state index contributed by atoms with van der Waals surface area (Å²) >= 11 is 0. The molecule has 0 rings (SSSR count). The van der Waals surface area contributed by atoms with E-state index in [0.29, 0.717) is 0 Å². The standard InChI is InChI=1S/2Al.2K.H2O4S.6H/c;;;;1-5(2,3)4;;;;;;/h;;;;(H2,1,2,3,4);;;;;;/q;;2*+1;;;;;;;/p-2. The second-order valence-corrected chi connectivity index (χ2v) is 1.22. The zero-order chi connectivity index (χ0) is 4.50. The van der Waals surface area contributed by atoms with E-state index in [1.165, 1.54) is 0 Å². The fourth-order valence-corrected chi connectivity index (χ4v) is 0. The molecule has 4 nitrogen and oxygen atoms in total. The first kappa shape index (κ1) is 29.2. The van der Waals surface area contributed by atoms with Crippen molar-refractivity contribution in [1.82, 2.24) is 0 Å². The molecular formula is H6Al2K2O4S. The van der Waals surface area contributed by atoms with E-state index >= 15 is 0 Å². The SMILES string of the molecule is O=S(=O)([O-])[O-].[AlH3].[AlH3].[K+].[K+]. The van der Waals surface area contributed by atoms with Crippen LogP contribution in [0, 0.1) is 0 Å². The van der Waals surface area contributed by atoms with Crippen LogP contribution >= 0.6 is 0 Å². The summed E-state index contributed by atoms with van der Waals surface area (Å²) in [4.78, 5) is 0. The summed E-state index contributed by atoms with van der Waals surface area (Å²) in [5.41, 5.74) is 0. The van der Waals surface area contributed by atoms with Gasteiger partial charge in [0.25, 0.3) is 0 Å². The molecule has 0 bridgehead atoms. The average molecular weight is 234 g/mol. The molecule has 0 aromatic carbocycles. The Labute approximate surface area is 161 Å². The van der Waals surface area contributed by atoms with Gasteiger partial charge < -0.3 is 9.11 Å². The van der Waals surface area contributed by atoms with E-state index in [1.54, 1.807) is 0 Å². The first-order chi connectivity index (χ1) is 2.00. The van der Waals surface area contributed by atoms with E-state index in [-0.39, 0.29) is 137 Å². The van der Waals surface area contributed by atoms with Crippen molar-refractivity contribution in [2.75, 3.05) is 0 Å². The predicted octanol–water partition coefficient (Wildman–Crippen LogP) is -9.70. The zero-order valence-corrected chi connectivity index (χ0v) is 11.1. The summed E-state index contributed by atoms with van der Waals surface area (Å²) in [6, 6.07) is 0. The maximum Gasteiger partial charge on any atom is 1.00 e. The summed E-state index contributed by atoms with van der Waals surface area (Å²) in [7, 11) is -5.17. The summed E-state index contributed by atoms with van der Waals surface area (Å²) in [5.74, 6) is 0. The Balaban J connectivity index is -0.0000000133. The number of rotatable bonds is 0. The van der Waals surface area contributed by atoms with Crippen LogP contribution in [0.15, 0.2) is 0 Å². The van der Waals surface area contributed by atoms with Gasteiger partial charge >= 0.3 is 103 Å². The van der Waals surface area contributed by atoms with E-state index in [4.69, 9.17) is 17.5 Å². The Morgan fingerprint density at radius 3 is 0.889 bits per heavy atom. The fourth-order valence-electron chi connectivity index (χ4n) is 0. The third kappa shape index (κ3) is 71.8. The molecule has 0 N–H and O–H groups in total. The molecule has 0 unspecified atom stereocenters. The minimum Gasteiger partial charge on any atom is -0.759 e. The second kappa shape index (κ2) is 14.7. The molecule has 0 atom stereocenters. The van der Waals surface area contributed by atoms with Gasteiger partial charge in [0.1, 0.15) is 0 Å². The second-order valence-electron chi connectivity index (χ2n) is 0.408. The Bertz CT molecular complexity index is 99.7. The first-order valence-corrected chi connectivity index (χ1v) is 2.00. The van der Waals surface area contributed by atoms with Gasteiger partial charge in [0.15, 0.2) is 34.7 Å². The maximum atomic E-state index is 8.52. The molecular weight excluding hydrogens is 228 g/mol. The minimum absolute atomic E-state index is 0. The third-order valence-electron chi connectivity index (χ3n) is 0. The van der Waals surface area contributed by atoms with Crippen molar-refractivity contribution in [1.29, 1.82) is 0 Å². The van der Waals surface area contributed by atoms with E-state index in [2.05, 4.69) is 0 Å². The molecule has 0 aliphatic heterocycles. The minimum atomic E-state index is -5.17. The van der Waals surface area contributed by atoms with Gasteiger partial charge in [-0.15, -0.1) is 0 Å². The Morgan fingerprint density at radius 2 is 0.889 bits per heavy atom. The van der Waals surface area contributed by atoms with Crippen LogP contribution in [0.5, 0.6) is 0 Å². The largest absolute Gasteiger partial charge is 1.00 e. The van der Waals surface area contributed by atoms with Crippen LogP contribution in [0.3, 0.4) is 0 Å². The van der Waals surface area contributed by atoms with E-state index in [1.807, 2.05) is 0 Å². The molecule has 0 heterocycles. The molecule has 0 aliphatic rings. The normalized spacial score (nSPS) is 6.44. The van der Waals surface area contributed by atoms with Gasteiger partial charge in [-0.25, -0.2) is 0 Å². The molecule has 0 fully saturated rings. The summed E-state index contributed by atoms with van der Waals surface area (Å²) < 4.78 is 34.1. The molecule has 0 amide bonds. The molecule has 9 heavy (non-hydrogen) atoms. The molecule has 0 saturated heterocycles. The van der Waals surface area contributed by atoms with Crippen LogP contribution in [0.4, 0.5) is 0 Å². The van der Waals surface area contributed by atoms with Gasteiger partial charge in [-0.05, 0) is 0 Å². The Kier molecular flexibility index (Phi) is 47.8. The van der Waals surface area contributed by atoms with Gasteiger partial charge in [0, 0.05) is 10.4 Å². The van der Waals surface area contributed by atoms with E-state index in [0.717, 1.165) is 0 Å². The van der Waals surface area contributed by atoms with Gasteiger partial charge in [-0.3, -0.25) is 8.42 Å². The van der Waals surface area contributed by atoms with Crippen molar-refractivity contribution >= 4 is 45.1 Å². The van der Waals surface area contributed by atoms with Gasteiger partial charge in [-0.2, -0.15) is 0 Å². The van der Waals surface area contributed by atoms with Crippen LogP contribution < -0.4 is 103 Å². The molecule has 0 aromatic rings. The Morgan fingerprint density at radius 1 is 0.889 bits per heavy atom. The zero-order valence-electron chi connectivity index (χ0n) is 4.04. The third-order valence-corrected chi connectivity index (χ3v) is 0. The topological polar surface area (TPSA) is 80.3 Å². The number of hydrogen-bond donors (Lipinski definition) is 0. The first-order valence-electron chi connectivity index (χ1n) is 0.667. The van der Waals surface area contributed by atoms with Gasteiger partial charge in [-0.1, -0.05) is 0 Å². The van der Waals surface area contributed by atoms with Crippen LogP contribution in [0.1, 0.15) is 0 Å². The molecule has 0 aromatic heterocycles. The fraction of sp³-hybridized carbons (Fsp3) is 0. The van der Waals surface area contributed by atoms with Crippen molar-refractivity contribution in [3.63, 3.8) is 0 Å². The van der Waals surface area contributed by atoms with Crippen molar-refractivity contribution in [3.05, 3.63) is 0 Å². The van der Waals surface area contributed by atoms with E-state index in [9.17, 15) is 0 Å². The quantitative estimate of drug-likeness (QED) is 0.237. The molecule has 0 spiro atoms. The smallest absolute Gasteiger partial charge is 0.759 e. The van der Waals surface area contributed by atoms with E-state index < -0.39 is 10.4 Å². The molecule has 44 valence electrons. The monoisotopic (exact) mass is 234 g/mol. The van der Waals surface area contributed by atoms with Crippen molar-refractivity contribution in [3.8, 4) is 0 Å².